The Morgan fingerprint density at radius 3 is 2.95 bits per heavy atom. The van der Waals surface area contributed by atoms with Crippen molar-refractivity contribution in [2.24, 2.45) is 0 Å². The fourth-order valence-corrected chi connectivity index (χ4v) is 2.39. The SMILES string of the molecule is CCc1cccnc1Cn1cc(C)nc1NC(C)COC. The van der Waals surface area contributed by atoms with Gasteiger partial charge in [0.25, 0.3) is 0 Å². The predicted molar refractivity (Wildman–Crippen MR) is 84.6 cm³/mol. The molecule has 0 aliphatic carbocycles. The summed E-state index contributed by atoms with van der Waals surface area (Å²) >= 11 is 0. The molecule has 0 aliphatic heterocycles. The van der Waals surface area contributed by atoms with E-state index >= 15 is 0 Å². The first kappa shape index (κ1) is 15.5. The first-order valence-corrected chi connectivity index (χ1v) is 7.36. The van der Waals surface area contributed by atoms with E-state index in [1.807, 2.05) is 19.2 Å². The van der Waals surface area contributed by atoms with Crippen molar-refractivity contribution in [3.63, 3.8) is 0 Å². The van der Waals surface area contributed by atoms with Gasteiger partial charge in [-0.05, 0) is 31.9 Å². The Bertz CT molecular complexity index is 579. The van der Waals surface area contributed by atoms with Crippen LogP contribution in [0.4, 0.5) is 5.95 Å². The quantitative estimate of drug-likeness (QED) is 0.851. The van der Waals surface area contributed by atoms with Gasteiger partial charge in [0.05, 0.1) is 24.5 Å². The van der Waals surface area contributed by atoms with E-state index in [1.54, 1.807) is 7.11 Å². The molecule has 0 amide bonds. The van der Waals surface area contributed by atoms with Crippen LogP contribution in [0.5, 0.6) is 0 Å². The second kappa shape index (κ2) is 7.22. The molecule has 5 heteroatoms. The van der Waals surface area contributed by atoms with Crippen molar-refractivity contribution in [3.8, 4) is 0 Å². The number of anilines is 1. The van der Waals surface area contributed by atoms with E-state index in [2.05, 4.69) is 46.0 Å². The number of hydrogen-bond donors (Lipinski definition) is 1. The van der Waals surface area contributed by atoms with E-state index in [1.165, 1.54) is 5.56 Å². The van der Waals surface area contributed by atoms with Crippen molar-refractivity contribution in [3.05, 3.63) is 41.5 Å². The number of rotatable bonds is 7. The zero-order valence-corrected chi connectivity index (χ0v) is 13.3. The fraction of sp³-hybridized carbons (Fsp3) is 0.500. The number of methoxy groups -OCH3 is 1. The second-order valence-electron chi connectivity index (χ2n) is 5.30. The van der Waals surface area contributed by atoms with Gasteiger partial charge in [-0.2, -0.15) is 0 Å². The maximum absolute atomic E-state index is 5.17. The number of aryl methyl sites for hydroxylation is 2. The van der Waals surface area contributed by atoms with Gasteiger partial charge in [-0.15, -0.1) is 0 Å². The molecular weight excluding hydrogens is 264 g/mol. The zero-order chi connectivity index (χ0) is 15.2. The molecule has 21 heavy (non-hydrogen) atoms. The van der Waals surface area contributed by atoms with E-state index < -0.39 is 0 Å². The first-order chi connectivity index (χ1) is 10.1. The van der Waals surface area contributed by atoms with Gasteiger partial charge in [-0.1, -0.05) is 13.0 Å². The van der Waals surface area contributed by atoms with Crippen LogP contribution in [0.3, 0.4) is 0 Å². The molecule has 0 saturated heterocycles. The third kappa shape index (κ3) is 4.04. The number of hydrogen-bond acceptors (Lipinski definition) is 4. The lowest BCUT2D eigenvalue weighted by Gasteiger charge is -2.15. The molecule has 2 rings (SSSR count). The molecule has 0 radical (unpaired) electrons. The van der Waals surface area contributed by atoms with Crippen molar-refractivity contribution in [1.82, 2.24) is 14.5 Å². The molecule has 0 spiro atoms. The summed E-state index contributed by atoms with van der Waals surface area (Å²) < 4.78 is 7.28. The van der Waals surface area contributed by atoms with Gasteiger partial charge in [-0.25, -0.2) is 4.98 Å². The fourth-order valence-electron chi connectivity index (χ4n) is 2.39. The van der Waals surface area contributed by atoms with Crippen LogP contribution in [-0.4, -0.2) is 34.3 Å². The normalized spacial score (nSPS) is 12.4. The Morgan fingerprint density at radius 1 is 1.43 bits per heavy atom. The highest BCUT2D eigenvalue weighted by Crippen LogP contribution is 2.15. The maximum atomic E-state index is 5.17. The van der Waals surface area contributed by atoms with E-state index in [9.17, 15) is 0 Å². The molecule has 114 valence electrons. The van der Waals surface area contributed by atoms with Gasteiger partial charge in [-0.3, -0.25) is 4.98 Å². The number of aromatic nitrogens is 3. The second-order valence-corrected chi connectivity index (χ2v) is 5.30. The predicted octanol–water partition coefficient (Wildman–Crippen LogP) is 2.64. The number of ether oxygens (including phenoxy) is 1. The molecule has 1 N–H and O–H groups in total. The van der Waals surface area contributed by atoms with Crippen LogP contribution < -0.4 is 5.32 Å². The summed E-state index contributed by atoms with van der Waals surface area (Å²) in [5, 5.41) is 3.39. The van der Waals surface area contributed by atoms with Crippen LogP contribution in [-0.2, 0) is 17.7 Å². The summed E-state index contributed by atoms with van der Waals surface area (Å²) in [5.41, 5.74) is 3.37. The molecule has 0 saturated carbocycles. The van der Waals surface area contributed by atoms with Gasteiger partial charge < -0.3 is 14.6 Å². The molecule has 2 aromatic rings. The van der Waals surface area contributed by atoms with Crippen LogP contribution in [0, 0.1) is 6.92 Å². The van der Waals surface area contributed by atoms with Crippen LogP contribution in [0.1, 0.15) is 30.8 Å². The summed E-state index contributed by atoms with van der Waals surface area (Å²) in [6, 6.07) is 4.33. The lowest BCUT2D eigenvalue weighted by atomic mass is 10.1. The van der Waals surface area contributed by atoms with Crippen LogP contribution in [0.15, 0.2) is 24.5 Å². The van der Waals surface area contributed by atoms with Crippen LogP contribution in [0.25, 0.3) is 0 Å². The Hall–Kier alpha value is -1.88. The molecule has 2 heterocycles. The smallest absolute Gasteiger partial charge is 0.203 e. The van der Waals surface area contributed by atoms with Gasteiger partial charge >= 0.3 is 0 Å². The average molecular weight is 288 g/mol. The molecule has 5 nitrogen and oxygen atoms in total. The maximum Gasteiger partial charge on any atom is 0.203 e. The van der Waals surface area contributed by atoms with Crippen molar-refractivity contribution in [2.45, 2.75) is 39.8 Å². The molecule has 0 aromatic carbocycles. The summed E-state index contributed by atoms with van der Waals surface area (Å²) in [7, 11) is 1.71. The van der Waals surface area contributed by atoms with Crippen LogP contribution >= 0.6 is 0 Å². The molecule has 0 bridgehead atoms. The monoisotopic (exact) mass is 288 g/mol. The Balaban J connectivity index is 2.20. The topological polar surface area (TPSA) is 52.0 Å². The van der Waals surface area contributed by atoms with E-state index in [0.717, 1.165) is 30.3 Å². The molecule has 0 fully saturated rings. The largest absolute Gasteiger partial charge is 0.383 e. The van der Waals surface area contributed by atoms with Crippen LogP contribution in [0.2, 0.25) is 0 Å². The first-order valence-electron chi connectivity index (χ1n) is 7.36. The minimum Gasteiger partial charge on any atom is -0.383 e. The Labute approximate surface area is 126 Å². The summed E-state index contributed by atoms with van der Waals surface area (Å²) in [4.78, 5) is 9.06. The third-order valence-corrected chi connectivity index (χ3v) is 3.37. The van der Waals surface area contributed by atoms with Crippen molar-refractivity contribution >= 4 is 5.95 Å². The lowest BCUT2D eigenvalue weighted by Crippen LogP contribution is -2.23. The molecular formula is C16H24N4O. The van der Waals surface area contributed by atoms with Crippen molar-refractivity contribution in [2.75, 3.05) is 19.0 Å². The number of nitrogens with one attached hydrogen (secondary N) is 1. The minimum atomic E-state index is 0.213. The number of nitrogens with zero attached hydrogens (tertiary/aromatic N) is 3. The van der Waals surface area contributed by atoms with E-state index in [4.69, 9.17) is 4.74 Å². The number of pyridine rings is 1. The standard InChI is InChI=1S/C16H24N4O/c1-5-14-7-6-8-17-15(14)10-20-9-12(2)18-16(20)19-13(3)11-21-4/h6-9,13H,5,10-11H2,1-4H3,(H,18,19). The lowest BCUT2D eigenvalue weighted by molar-refractivity contribution is 0.190. The number of imidazole rings is 1. The van der Waals surface area contributed by atoms with Gasteiger partial charge in [0.2, 0.25) is 5.95 Å². The van der Waals surface area contributed by atoms with E-state index in [-0.39, 0.29) is 6.04 Å². The molecule has 0 aliphatic rings. The van der Waals surface area contributed by atoms with Gasteiger partial charge in [0, 0.05) is 25.5 Å². The summed E-state index contributed by atoms with van der Waals surface area (Å²) in [5.74, 6) is 0.866. The Morgan fingerprint density at radius 2 is 2.24 bits per heavy atom. The molecule has 2 aromatic heterocycles. The van der Waals surface area contributed by atoms with Crippen molar-refractivity contribution in [1.29, 1.82) is 0 Å². The average Bonchev–Trinajstić information content (AvgIpc) is 2.79. The summed E-state index contributed by atoms with van der Waals surface area (Å²) in [6.07, 6.45) is 4.88. The highest BCUT2D eigenvalue weighted by atomic mass is 16.5. The van der Waals surface area contributed by atoms with Gasteiger partial charge in [0.15, 0.2) is 0 Å². The Kier molecular flexibility index (Phi) is 5.33. The minimum absolute atomic E-state index is 0.213. The highest BCUT2D eigenvalue weighted by Gasteiger charge is 2.11. The zero-order valence-electron chi connectivity index (χ0n) is 13.3. The van der Waals surface area contributed by atoms with E-state index in [0.29, 0.717) is 6.61 Å². The summed E-state index contributed by atoms with van der Waals surface area (Å²) in [6.45, 7) is 7.61. The highest BCUT2D eigenvalue weighted by molar-refractivity contribution is 5.32. The molecule has 1 atom stereocenters. The van der Waals surface area contributed by atoms with Gasteiger partial charge in [0.1, 0.15) is 0 Å². The van der Waals surface area contributed by atoms with Crippen molar-refractivity contribution < 1.29 is 4.74 Å². The third-order valence-electron chi connectivity index (χ3n) is 3.37. The molecule has 1 unspecified atom stereocenters.